The summed E-state index contributed by atoms with van der Waals surface area (Å²) in [7, 11) is 0. The minimum Gasteiger partial charge on any atom is -0.309 e. The molecule has 4 aromatic carbocycles. The van der Waals surface area contributed by atoms with Crippen LogP contribution in [0.3, 0.4) is 0 Å². The second kappa shape index (κ2) is 7.59. The Kier molecular flexibility index (Phi) is 4.44. The minimum atomic E-state index is 0.181. The molecule has 0 aliphatic rings. The molecule has 2 heterocycles. The van der Waals surface area contributed by atoms with Crippen LogP contribution in [0.25, 0.3) is 50.3 Å². The Hall–Kier alpha value is -4.02. The lowest BCUT2D eigenvalue weighted by Crippen LogP contribution is -1.98. The second-order valence-corrected chi connectivity index (χ2v) is 7.87. The van der Waals surface area contributed by atoms with Gasteiger partial charge in [-0.15, -0.1) is 0 Å². The van der Waals surface area contributed by atoms with Crippen molar-refractivity contribution in [3.63, 3.8) is 0 Å². The number of rotatable bonds is 3. The Morgan fingerprint density at radius 2 is 1.00 bits per heavy atom. The fourth-order valence-electron chi connectivity index (χ4n) is 4.16. The highest BCUT2D eigenvalue weighted by Crippen LogP contribution is 2.32. The van der Waals surface area contributed by atoms with Gasteiger partial charge in [-0.25, -0.2) is 4.98 Å². The SMILES string of the molecule is Clc1nc(-c2ccccc2)nc(-c2ccc(-n3c4ccccc4c4ccccc43)cc2)n1. The lowest BCUT2D eigenvalue weighted by molar-refractivity contribution is 1.06. The summed E-state index contributed by atoms with van der Waals surface area (Å²) in [4.78, 5) is 13.3. The summed E-state index contributed by atoms with van der Waals surface area (Å²) >= 11 is 6.23. The number of nitrogens with zero attached hydrogens (tertiary/aromatic N) is 4. The summed E-state index contributed by atoms with van der Waals surface area (Å²) in [5.74, 6) is 1.12. The minimum absolute atomic E-state index is 0.181. The number of hydrogen-bond donors (Lipinski definition) is 0. The van der Waals surface area contributed by atoms with E-state index in [-0.39, 0.29) is 5.28 Å². The molecule has 0 bridgehead atoms. The molecular formula is C27H17ClN4. The molecular weight excluding hydrogens is 416 g/mol. The van der Waals surface area contributed by atoms with E-state index in [9.17, 15) is 0 Å². The van der Waals surface area contributed by atoms with Gasteiger partial charge in [0.15, 0.2) is 11.6 Å². The largest absolute Gasteiger partial charge is 0.309 e. The molecule has 6 rings (SSSR count). The number of benzene rings is 4. The van der Waals surface area contributed by atoms with Crippen LogP contribution in [-0.2, 0) is 0 Å². The number of aromatic nitrogens is 4. The fraction of sp³-hybridized carbons (Fsp3) is 0. The van der Waals surface area contributed by atoms with Gasteiger partial charge in [0.05, 0.1) is 11.0 Å². The normalized spacial score (nSPS) is 11.3. The summed E-state index contributed by atoms with van der Waals surface area (Å²) < 4.78 is 2.28. The van der Waals surface area contributed by atoms with Crippen molar-refractivity contribution < 1.29 is 0 Å². The highest BCUT2D eigenvalue weighted by molar-refractivity contribution is 6.28. The lowest BCUT2D eigenvalue weighted by Gasteiger charge is -2.09. The highest BCUT2D eigenvalue weighted by Gasteiger charge is 2.13. The monoisotopic (exact) mass is 432 g/mol. The van der Waals surface area contributed by atoms with E-state index in [1.165, 1.54) is 21.8 Å². The van der Waals surface area contributed by atoms with Gasteiger partial charge in [-0.2, -0.15) is 9.97 Å². The number of fused-ring (bicyclic) bond motifs is 3. The van der Waals surface area contributed by atoms with E-state index in [1.807, 2.05) is 42.5 Å². The topological polar surface area (TPSA) is 43.6 Å². The van der Waals surface area contributed by atoms with Crippen LogP contribution in [0, 0.1) is 0 Å². The first-order valence-corrected chi connectivity index (χ1v) is 10.7. The van der Waals surface area contributed by atoms with Crippen LogP contribution in [0.2, 0.25) is 5.28 Å². The van der Waals surface area contributed by atoms with Crippen LogP contribution in [0.15, 0.2) is 103 Å². The van der Waals surface area contributed by atoms with Crippen LogP contribution < -0.4 is 0 Å². The van der Waals surface area contributed by atoms with Crippen LogP contribution in [-0.4, -0.2) is 19.5 Å². The van der Waals surface area contributed by atoms with Crippen LogP contribution in [0.5, 0.6) is 0 Å². The van der Waals surface area contributed by atoms with Crippen molar-refractivity contribution in [3.05, 3.63) is 108 Å². The third-order valence-electron chi connectivity index (χ3n) is 5.60. The predicted molar refractivity (Wildman–Crippen MR) is 130 cm³/mol. The van der Waals surface area contributed by atoms with Gasteiger partial charge in [0.2, 0.25) is 5.28 Å². The molecule has 32 heavy (non-hydrogen) atoms. The molecule has 0 unspecified atom stereocenters. The Morgan fingerprint density at radius 1 is 0.500 bits per heavy atom. The van der Waals surface area contributed by atoms with Crippen molar-refractivity contribution in [3.8, 4) is 28.5 Å². The Labute approximate surface area is 189 Å². The molecule has 0 atom stereocenters. The van der Waals surface area contributed by atoms with Crippen molar-refractivity contribution in [2.75, 3.05) is 0 Å². The van der Waals surface area contributed by atoms with E-state index in [0.717, 1.165) is 16.8 Å². The van der Waals surface area contributed by atoms with E-state index in [4.69, 9.17) is 11.6 Å². The molecule has 0 saturated carbocycles. The van der Waals surface area contributed by atoms with Crippen LogP contribution >= 0.6 is 11.6 Å². The average molecular weight is 433 g/mol. The van der Waals surface area contributed by atoms with Crippen molar-refractivity contribution >= 4 is 33.4 Å². The van der Waals surface area contributed by atoms with E-state index < -0.39 is 0 Å². The summed E-state index contributed by atoms with van der Waals surface area (Å²) in [6.45, 7) is 0. The molecule has 2 aromatic heterocycles. The van der Waals surface area contributed by atoms with E-state index in [1.54, 1.807) is 0 Å². The molecule has 4 nitrogen and oxygen atoms in total. The maximum atomic E-state index is 6.23. The molecule has 0 N–H and O–H groups in total. The van der Waals surface area contributed by atoms with Gasteiger partial charge in [0.25, 0.3) is 0 Å². The Morgan fingerprint density at radius 3 is 1.59 bits per heavy atom. The Bertz CT molecular complexity index is 1520. The first-order chi connectivity index (χ1) is 15.8. The third-order valence-corrected chi connectivity index (χ3v) is 5.77. The molecule has 0 fully saturated rings. The summed E-state index contributed by atoms with van der Waals surface area (Å²) in [5.41, 5.74) is 5.22. The first kappa shape index (κ1) is 18.7. The van der Waals surface area contributed by atoms with Crippen LogP contribution in [0.1, 0.15) is 0 Å². The molecule has 152 valence electrons. The number of para-hydroxylation sites is 2. The van der Waals surface area contributed by atoms with Gasteiger partial charge in [-0.3, -0.25) is 0 Å². The lowest BCUT2D eigenvalue weighted by atomic mass is 10.1. The average Bonchev–Trinajstić information content (AvgIpc) is 3.19. The molecule has 0 saturated heterocycles. The van der Waals surface area contributed by atoms with Crippen molar-refractivity contribution in [2.45, 2.75) is 0 Å². The van der Waals surface area contributed by atoms with Gasteiger partial charge < -0.3 is 4.57 Å². The quantitative estimate of drug-likeness (QED) is 0.303. The maximum absolute atomic E-state index is 6.23. The molecule has 5 heteroatoms. The maximum Gasteiger partial charge on any atom is 0.226 e. The van der Waals surface area contributed by atoms with E-state index in [0.29, 0.717) is 11.6 Å². The summed E-state index contributed by atoms with van der Waals surface area (Å²) in [5, 5.41) is 2.66. The highest BCUT2D eigenvalue weighted by atomic mass is 35.5. The zero-order valence-corrected chi connectivity index (χ0v) is 17.7. The number of hydrogen-bond acceptors (Lipinski definition) is 3. The summed E-state index contributed by atoms with van der Waals surface area (Å²) in [6.07, 6.45) is 0. The first-order valence-electron chi connectivity index (χ1n) is 10.3. The smallest absolute Gasteiger partial charge is 0.226 e. The van der Waals surface area contributed by atoms with Gasteiger partial charge in [-0.1, -0.05) is 66.7 Å². The summed E-state index contributed by atoms with van der Waals surface area (Å²) in [6, 6.07) is 35.0. The van der Waals surface area contributed by atoms with E-state index in [2.05, 4.69) is 80.2 Å². The van der Waals surface area contributed by atoms with Gasteiger partial charge in [0, 0.05) is 27.6 Å². The van der Waals surface area contributed by atoms with Crippen molar-refractivity contribution in [2.24, 2.45) is 0 Å². The molecule has 0 radical (unpaired) electrons. The number of halogens is 1. The van der Waals surface area contributed by atoms with E-state index >= 15 is 0 Å². The van der Waals surface area contributed by atoms with Gasteiger partial charge in [-0.05, 0) is 48.0 Å². The zero-order valence-electron chi connectivity index (χ0n) is 17.0. The third kappa shape index (κ3) is 3.13. The molecule has 0 aliphatic heterocycles. The Balaban J connectivity index is 1.46. The predicted octanol–water partition coefficient (Wildman–Crippen LogP) is 6.96. The second-order valence-electron chi connectivity index (χ2n) is 7.53. The van der Waals surface area contributed by atoms with Gasteiger partial charge in [0.1, 0.15) is 0 Å². The molecule has 0 amide bonds. The van der Waals surface area contributed by atoms with Crippen LogP contribution in [0.4, 0.5) is 0 Å². The molecule has 0 spiro atoms. The van der Waals surface area contributed by atoms with Crippen molar-refractivity contribution in [1.29, 1.82) is 0 Å². The molecule has 0 aliphatic carbocycles. The standard InChI is InChI=1S/C27H17ClN4/c28-27-30-25(18-8-2-1-3-9-18)29-26(31-27)19-14-16-20(17-15-19)32-23-12-6-4-10-21(23)22-11-5-7-13-24(22)32/h1-17H. The molecule has 6 aromatic rings. The zero-order chi connectivity index (χ0) is 21.5. The van der Waals surface area contributed by atoms with Gasteiger partial charge >= 0.3 is 0 Å². The fourth-order valence-corrected chi connectivity index (χ4v) is 4.32. The van der Waals surface area contributed by atoms with Crippen molar-refractivity contribution in [1.82, 2.24) is 19.5 Å².